The van der Waals surface area contributed by atoms with Crippen LogP contribution in [-0.4, -0.2) is 24.7 Å². The van der Waals surface area contributed by atoms with Crippen molar-refractivity contribution in [2.75, 3.05) is 13.7 Å². The van der Waals surface area contributed by atoms with E-state index < -0.39 is 11.9 Å². The molecular weight excluding hydrogens is 206 g/mol. The minimum absolute atomic E-state index is 0.0870. The molecule has 0 spiro atoms. The summed E-state index contributed by atoms with van der Waals surface area (Å²) >= 11 is 0. The van der Waals surface area contributed by atoms with Gasteiger partial charge in [0.2, 0.25) is 0 Å². The maximum atomic E-state index is 11.5. The molecule has 16 heavy (non-hydrogen) atoms. The fourth-order valence-corrected chi connectivity index (χ4v) is 1.59. The third kappa shape index (κ3) is 2.33. The lowest BCUT2D eigenvalue weighted by molar-refractivity contribution is -0.142. The first-order chi connectivity index (χ1) is 7.51. The number of phenolic OH excluding ortho intramolecular Hbond substituents is 1. The van der Waals surface area contributed by atoms with E-state index in [0.29, 0.717) is 5.56 Å². The fourth-order valence-electron chi connectivity index (χ4n) is 1.59. The number of nitrogens with two attached hydrogens (primary N) is 1. The van der Waals surface area contributed by atoms with Gasteiger partial charge in [0.15, 0.2) is 0 Å². The molecule has 1 atom stereocenters. The summed E-state index contributed by atoms with van der Waals surface area (Å²) in [5, 5.41) is 9.80. The number of hydrogen-bond donors (Lipinski definition) is 2. The van der Waals surface area contributed by atoms with E-state index in [4.69, 9.17) is 5.73 Å². The van der Waals surface area contributed by atoms with Crippen molar-refractivity contribution >= 4 is 5.97 Å². The summed E-state index contributed by atoms with van der Waals surface area (Å²) in [5.41, 5.74) is 8.04. The number of ether oxygens (including phenoxy) is 1. The Balaban J connectivity index is 3.20. The van der Waals surface area contributed by atoms with Gasteiger partial charge in [0.25, 0.3) is 0 Å². The Morgan fingerprint density at radius 2 is 2.00 bits per heavy atom. The molecule has 0 aliphatic heterocycles. The van der Waals surface area contributed by atoms with Gasteiger partial charge < -0.3 is 15.6 Å². The minimum Gasteiger partial charge on any atom is -0.508 e. The van der Waals surface area contributed by atoms with Crippen LogP contribution in [0.3, 0.4) is 0 Å². The molecule has 0 aromatic heterocycles. The molecule has 0 saturated carbocycles. The summed E-state index contributed by atoms with van der Waals surface area (Å²) in [6.45, 7) is 3.93. The van der Waals surface area contributed by atoms with Crippen molar-refractivity contribution in [1.29, 1.82) is 0 Å². The van der Waals surface area contributed by atoms with Crippen LogP contribution in [0, 0.1) is 13.8 Å². The van der Waals surface area contributed by atoms with Gasteiger partial charge in [-0.1, -0.05) is 6.07 Å². The highest BCUT2D eigenvalue weighted by Crippen LogP contribution is 2.29. The van der Waals surface area contributed by atoms with Gasteiger partial charge >= 0.3 is 5.97 Å². The Bertz CT molecular complexity index is 401. The predicted molar refractivity (Wildman–Crippen MR) is 61.4 cm³/mol. The van der Waals surface area contributed by atoms with Gasteiger partial charge in [-0.3, -0.25) is 4.79 Å². The Morgan fingerprint density at radius 3 is 2.50 bits per heavy atom. The molecule has 0 aliphatic carbocycles. The molecule has 0 fully saturated rings. The molecule has 0 bridgehead atoms. The second-order valence-electron chi connectivity index (χ2n) is 3.81. The zero-order valence-corrected chi connectivity index (χ0v) is 9.78. The largest absolute Gasteiger partial charge is 0.508 e. The van der Waals surface area contributed by atoms with Gasteiger partial charge in [0, 0.05) is 12.1 Å². The molecule has 4 nitrogen and oxygen atoms in total. The first-order valence-corrected chi connectivity index (χ1v) is 5.09. The van der Waals surface area contributed by atoms with E-state index >= 15 is 0 Å². The molecule has 0 amide bonds. The molecule has 88 valence electrons. The lowest BCUT2D eigenvalue weighted by atomic mass is 9.94. The van der Waals surface area contributed by atoms with Crippen LogP contribution in [0.4, 0.5) is 0 Å². The van der Waals surface area contributed by atoms with Gasteiger partial charge in [0.05, 0.1) is 13.0 Å². The minimum atomic E-state index is -0.607. The second-order valence-corrected chi connectivity index (χ2v) is 3.81. The molecule has 1 aromatic rings. The molecule has 0 saturated heterocycles. The highest BCUT2D eigenvalue weighted by molar-refractivity contribution is 5.79. The molecule has 1 unspecified atom stereocenters. The van der Waals surface area contributed by atoms with Crippen LogP contribution in [0.25, 0.3) is 0 Å². The molecule has 3 N–H and O–H groups in total. The lowest BCUT2D eigenvalue weighted by Gasteiger charge is -2.15. The second kappa shape index (κ2) is 4.99. The quantitative estimate of drug-likeness (QED) is 0.756. The van der Waals surface area contributed by atoms with Crippen molar-refractivity contribution in [3.63, 3.8) is 0 Å². The average molecular weight is 223 g/mol. The van der Waals surface area contributed by atoms with Crippen LogP contribution in [0.1, 0.15) is 22.6 Å². The van der Waals surface area contributed by atoms with Crippen LogP contribution < -0.4 is 5.73 Å². The van der Waals surface area contributed by atoms with E-state index in [1.807, 2.05) is 13.8 Å². The van der Waals surface area contributed by atoms with E-state index in [9.17, 15) is 9.90 Å². The van der Waals surface area contributed by atoms with Crippen LogP contribution in [0.15, 0.2) is 12.1 Å². The van der Waals surface area contributed by atoms with Crippen molar-refractivity contribution < 1.29 is 14.6 Å². The monoisotopic (exact) mass is 223 g/mol. The third-order valence-corrected chi connectivity index (χ3v) is 2.74. The standard InChI is InChI=1S/C12H17NO3/c1-7-4-9(11(14)5-8(7)2)10(6-13)12(15)16-3/h4-5,10,14H,6,13H2,1-3H3. The summed E-state index contributed by atoms with van der Waals surface area (Å²) in [4.78, 5) is 11.5. The Morgan fingerprint density at radius 1 is 1.44 bits per heavy atom. The van der Waals surface area contributed by atoms with Crippen molar-refractivity contribution in [3.05, 3.63) is 28.8 Å². The lowest BCUT2D eigenvalue weighted by Crippen LogP contribution is -2.23. The smallest absolute Gasteiger partial charge is 0.314 e. The molecule has 4 heteroatoms. The van der Waals surface area contributed by atoms with Gasteiger partial charge in [-0.25, -0.2) is 0 Å². The van der Waals surface area contributed by atoms with Gasteiger partial charge in [-0.05, 0) is 31.0 Å². The summed E-state index contributed by atoms with van der Waals surface area (Å²) < 4.78 is 4.65. The van der Waals surface area contributed by atoms with E-state index in [2.05, 4.69) is 4.74 Å². The molecule has 0 radical (unpaired) electrons. The molecule has 0 heterocycles. The maximum absolute atomic E-state index is 11.5. The predicted octanol–water partition coefficient (Wildman–Crippen LogP) is 1.22. The number of methoxy groups -OCH3 is 1. The third-order valence-electron chi connectivity index (χ3n) is 2.74. The number of aromatic hydroxyl groups is 1. The summed E-state index contributed by atoms with van der Waals surface area (Å²) in [5.74, 6) is -0.950. The van der Waals surface area contributed by atoms with Gasteiger partial charge in [-0.15, -0.1) is 0 Å². The number of carbonyl (C=O) groups is 1. The first-order valence-electron chi connectivity index (χ1n) is 5.09. The number of hydrogen-bond acceptors (Lipinski definition) is 4. The van der Waals surface area contributed by atoms with Crippen LogP contribution in [-0.2, 0) is 9.53 Å². The maximum Gasteiger partial charge on any atom is 0.314 e. The number of carbonyl (C=O) groups excluding carboxylic acids is 1. The van der Waals surface area contributed by atoms with E-state index in [-0.39, 0.29) is 12.3 Å². The fraction of sp³-hybridized carbons (Fsp3) is 0.417. The summed E-state index contributed by atoms with van der Waals surface area (Å²) in [6.07, 6.45) is 0. The number of benzene rings is 1. The Labute approximate surface area is 95.0 Å². The SMILES string of the molecule is COC(=O)C(CN)c1cc(C)c(C)cc1O. The van der Waals surface area contributed by atoms with Crippen molar-refractivity contribution in [2.45, 2.75) is 19.8 Å². The summed E-state index contributed by atoms with van der Waals surface area (Å²) in [7, 11) is 1.31. The van der Waals surface area contributed by atoms with E-state index in [1.54, 1.807) is 12.1 Å². The molecule has 0 aliphatic rings. The summed E-state index contributed by atoms with van der Waals surface area (Å²) in [6, 6.07) is 3.41. The highest BCUT2D eigenvalue weighted by Gasteiger charge is 2.23. The van der Waals surface area contributed by atoms with Gasteiger partial charge in [0.1, 0.15) is 5.75 Å². The van der Waals surface area contributed by atoms with Crippen molar-refractivity contribution in [3.8, 4) is 5.75 Å². The molecule has 1 rings (SSSR count). The number of phenols is 1. The normalized spacial score (nSPS) is 12.2. The van der Waals surface area contributed by atoms with Crippen molar-refractivity contribution in [1.82, 2.24) is 0 Å². The molecule has 1 aromatic carbocycles. The zero-order chi connectivity index (χ0) is 12.3. The van der Waals surface area contributed by atoms with E-state index in [1.165, 1.54) is 7.11 Å². The van der Waals surface area contributed by atoms with Crippen molar-refractivity contribution in [2.24, 2.45) is 5.73 Å². The zero-order valence-electron chi connectivity index (χ0n) is 9.78. The van der Waals surface area contributed by atoms with Crippen LogP contribution in [0.2, 0.25) is 0 Å². The highest BCUT2D eigenvalue weighted by atomic mass is 16.5. The van der Waals surface area contributed by atoms with Crippen LogP contribution >= 0.6 is 0 Å². The number of aryl methyl sites for hydroxylation is 2. The number of esters is 1. The first kappa shape index (κ1) is 12.5. The molecular formula is C12H17NO3. The van der Waals surface area contributed by atoms with Gasteiger partial charge in [-0.2, -0.15) is 0 Å². The Kier molecular flexibility index (Phi) is 3.90. The van der Waals surface area contributed by atoms with E-state index in [0.717, 1.165) is 11.1 Å². The Hall–Kier alpha value is -1.55. The number of rotatable bonds is 3. The topological polar surface area (TPSA) is 72.5 Å². The van der Waals surface area contributed by atoms with Crippen LogP contribution in [0.5, 0.6) is 5.75 Å². The average Bonchev–Trinajstić information content (AvgIpc) is 2.26.